The summed E-state index contributed by atoms with van der Waals surface area (Å²) in [5, 5.41) is 3.39. The minimum Gasteiger partial charge on any atom is -0.309 e. The maximum Gasteiger partial charge on any atom is 0.136 e. The molecule has 1 N–H and O–H groups in total. The molecule has 0 bridgehead atoms. The van der Waals surface area contributed by atoms with Gasteiger partial charge in [0.2, 0.25) is 0 Å². The zero-order chi connectivity index (χ0) is 11.5. The van der Waals surface area contributed by atoms with Gasteiger partial charge < -0.3 is 5.32 Å². The van der Waals surface area contributed by atoms with Gasteiger partial charge in [-0.05, 0) is 17.0 Å². The average Bonchev–Trinajstić information content (AvgIpc) is 2.29. The van der Waals surface area contributed by atoms with E-state index in [1.165, 1.54) is 11.1 Å². The Balaban J connectivity index is 2.11. The van der Waals surface area contributed by atoms with E-state index in [1.54, 1.807) is 0 Å². The van der Waals surface area contributed by atoms with E-state index in [4.69, 9.17) is 0 Å². The molecule has 0 aliphatic carbocycles. The Morgan fingerprint density at radius 3 is 2.50 bits per heavy atom. The van der Waals surface area contributed by atoms with E-state index < -0.39 is 0 Å². The van der Waals surface area contributed by atoms with Gasteiger partial charge in [-0.15, -0.1) is 0 Å². The molecule has 0 radical (unpaired) electrons. The second-order valence-corrected chi connectivity index (χ2v) is 4.82. The molecule has 86 valence electrons. The number of hydrogen-bond donors (Lipinski definition) is 1. The molecule has 2 rings (SSSR count). The van der Waals surface area contributed by atoms with Gasteiger partial charge in [0.1, 0.15) is 5.78 Å². The zero-order valence-electron chi connectivity index (χ0n) is 9.99. The molecule has 1 saturated heterocycles. The van der Waals surface area contributed by atoms with E-state index in [0.29, 0.717) is 24.5 Å². The van der Waals surface area contributed by atoms with Crippen LogP contribution in [0.3, 0.4) is 0 Å². The van der Waals surface area contributed by atoms with Crippen LogP contribution in [0.2, 0.25) is 0 Å². The summed E-state index contributed by atoms with van der Waals surface area (Å²) in [6.07, 6.45) is 1.32. The highest BCUT2D eigenvalue weighted by Gasteiger charge is 2.19. The Morgan fingerprint density at radius 1 is 1.25 bits per heavy atom. The van der Waals surface area contributed by atoms with Crippen LogP contribution in [0.5, 0.6) is 0 Å². The molecule has 0 amide bonds. The van der Waals surface area contributed by atoms with Gasteiger partial charge in [0.25, 0.3) is 0 Å². The minimum absolute atomic E-state index is 0.225. The van der Waals surface area contributed by atoms with Crippen molar-refractivity contribution in [2.75, 3.05) is 6.54 Å². The van der Waals surface area contributed by atoms with Crippen molar-refractivity contribution in [2.24, 2.45) is 0 Å². The lowest BCUT2D eigenvalue weighted by molar-refractivity contribution is -0.120. The van der Waals surface area contributed by atoms with Crippen molar-refractivity contribution in [3.63, 3.8) is 0 Å². The zero-order valence-corrected chi connectivity index (χ0v) is 9.99. The van der Waals surface area contributed by atoms with Gasteiger partial charge in [-0.2, -0.15) is 0 Å². The van der Waals surface area contributed by atoms with Crippen molar-refractivity contribution < 1.29 is 4.79 Å². The third-order valence-electron chi connectivity index (χ3n) is 3.23. The van der Waals surface area contributed by atoms with Crippen LogP contribution in [0, 0.1) is 0 Å². The predicted octanol–water partition coefficient (Wildman–Crippen LogP) is 2.80. The van der Waals surface area contributed by atoms with E-state index in [9.17, 15) is 4.79 Å². The van der Waals surface area contributed by atoms with Crippen LogP contribution in [0.15, 0.2) is 24.3 Å². The molecule has 1 fully saturated rings. The summed E-state index contributed by atoms with van der Waals surface area (Å²) >= 11 is 0. The molecule has 1 aromatic carbocycles. The van der Waals surface area contributed by atoms with Crippen molar-refractivity contribution in [2.45, 2.75) is 38.6 Å². The van der Waals surface area contributed by atoms with Gasteiger partial charge in [-0.1, -0.05) is 38.1 Å². The maximum atomic E-state index is 11.4. The molecule has 1 heterocycles. The predicted molar refractivity (Wildman–Crippen MR) is 65.5 cm³/mol. The Labute approximate surface area is 97.1 Å². The first-order chi connectivity index (χ1) is 7.66. The van der Waals surface area contributed by atoms with Crippen molar-refractivity contribution in [1.29, 1.82) is 0 Å². The summed E-state index contributed by atoms with van der Waals surface area (Å²) in [5.74, 6) is 0.937. The summed E-state index contributed by atoms with van der Waals surface area (Å²) in [7, 11) is 0. The molecule has 16 heavy (non-hydrogen) atoms. The Hall–Kier alpha value is -1.15. The topological polar surface area (TPSA) is 29.1 Å². The monoisotopic (exact) mass is 217 g/mol. The maximum absolute atomic E-state index is 11.4. The largest absolute Gasteiger partial charge is 0.309 e. The second kappa shape index (κ2) is 4.79. The molecule has 1 atom stereocenters. The number of nitrogens with one attached hydrogen (secondary N) is 1. The molecule has 0 saturated carbocycles. The van der Waals surface area contributed by atoms with Crippen molar-refractivity contribution in [1.82, 2.24) is 5.32 Å². The lowest BCUT2D eigenvalue weighted by Gasteiger charge is -2.23. The molecule has 2 heteroatoms. The minimum atomic E-state index is 0.225. The smallest absolute Gasteiger partial charge is 0.136 e. The average molecular weight is 217 g/mol. The first-order valence-electron chi connectivity index (χ1n) is 6.02. The fraction of sp³-hybridized carbons (Fsp3) is 0.500. The number of ketones is 1. The Kier molecular flexibility index (Phi) is 3.39. The summed E-state index contributed by atoms with van der Waals surface area (Å²) < 4.78 is 0. The molecular formula is C14H19NO. The SMILES string of the molecule is CC(C)c1ccc(C2CC(=O)CCN2)cc1. The fourth-order valence-corrected chi connectivity index (χ4v) is 2.14. The lowest BCUT2D eigenvalue weighted by atomic mass is 9.94. The third-order valence-corrected chi connectivity index (χ3v) is 3.23. The first kappa shape index (κ1) is 11.3. The molecule has 1 aliphatic rings. The van der Waals surface area contributed by atoms with Gasteiger partial charge in [0.05, 0.1) is 0 Å². The van der Waals surface area contributed by atoms with E-state index in [-0.39, 0.29) is 6.04 Å². The standard InChI is InChI=1S/C14H19NO/c1-10(2)11-3-5-12(6-4-11)14-9-13(16)7-8-15-14/h3-6,10,14-15H,7-9H2,1-2H3. The van der Waals surface area contributed by atoms with Gasteiger partial charge in [0.15, 0.2) is 0 Å². The van der Waals surface area contributed by atoms with E-state index >= 15 is 0 Å². The molecule has 1 aliphatic heterocycles. The van der Waals surface area contributed by atoms with E-state index in [1.807, 2.05) is 0 Å². The summed E-state index contributed by atoms with van der Waals surface area (Å²) in [6.45, 7) is 5.20. The quantitative estimate of drug-likeness (QED) is 0.825. The molecule has 2 nitrogen and oxygen atoms in total. The second-order valence-electron chi connectivity index (χ2n) is 4.82. The van der Waals surface area contributed by atoms with Crippen molar-refractivity contribution in [3.05, 3.63) is 35.4 Å². The molecule has 0 spiro atoms. The summed E-state index contributed by atoms with van der Waals surface area (Å²) in [5.41, 5.74) is 2.59. The van der Waals surface area contributed by atoms with Crippen LogP contribution in [-0.4, -0.2) is 12.3 Å². The highest BCUT2D eigenvalue weighted by Crippen LogP contribution is 2.23. The van der Waals surface area contributed by atoms with Crippen LogP contribution in [0.4, 0.5) is 0 Å². The number of rotatable bonds is 2. The van der Waals surface area contributed by atoms with Crippen LogP contribution in [-0.2, 0) is 4.79 Å². The number of benzene rings is 1. The number of piperidine rings is 1. The van der Waals surface area contributed by atoms with E-state index in [2.05, 4.69) is 43.4 Å². The van der Waals surface area contributed by atoms with Gasteiger partial charge >= 0.3 is 0 Å². The van der Waals surface area contributed by atoms with Gasteiger partial charge in [-0.25, -0.2) is 0 Å². The number of Topliss-reactive ketones (excluding diaryl/α,β-unsaturated/α-hetero) is 1. The molecule has 1 unspecified atom stereocenters. The molecule has 0 aromatic heterocycles. The first-order valence-corrected chi connectivity index (χ1v) is 6.02. The van der Waals surface area contributed by atoms with Crippen LogP contribution < -0.4 is 5.32 Å². The van der Waals surface area contributed by atoms with Crippen LogP contribution in [0.1, 0.15) is 49.8 Å². The normalized spacial score (nSPS) is 21.4. The highest BCUT2D eigenvalue weighted by atomic mass is 16.1. The number of carbonyl (C=O) groups is 1. The van der Waals surface area contributed by atoms with Crippen LogP contribution in [0.25, 0.3) is 0 Å². The van der Waals surface area contributed by atoms with Crippen molar-refractivity contribution >= 4 is 5.78 Å². The van der Waals surface area contributed by atoms with Gasteiger partial charge in [-0.3, -0.25) is 4.79 Å². The highest BCUT2D eigenvalue weighted by molar-refractivity contribution is 5.80. The Bertz CT molecular complexity index is 367. The number of carbonyl (C=O) groups excluding carboxylic acids is 1. The molecule has 1 aromatic rings. The molecular weight excluding hydrogens is 198 g/mol. The lowest BCUT2D eigenvalue weighted by Crippen LogP contribution is -2.31. The fourth-order valence-electron chi connectivity index (χ4n) is 2.14. The van der Waals surface area contributed by atoms with E-state index in [0.717, 1.165) is 6.54 Å². The third kappa shape index (κ3) is 2.50. The van der Waals surface area contributed by atoms with Crippen LogP contribution >= 0.6 is 0 Å². The summed E-state index contributed by atoms with van der Waals surface area (Å²) in [4.78, 5) is 11.4. The summed E-state index contributed by atoms with van der Waals surface area (Å²) in [6, 6.07) is 8.85. The van der Waals surface area contributed by atoms with Gasteiger partial charge in [0, 0.05) is 25.4 Å². The Morgan fingerprint density at radius 2 is 1.94 bits per heavy atom. The number of hydrogen-bond acceptors (Lipinski definition) is 2. The van der Waals surface area contributed by atoms with Crippen molar-refractivity contribution in [3.8, 4) is 0 Å².